The largest absolute Gasteiger partial charge is 0.376 e. The lowest BCUT2D eigenvalue weighted by Crippen LogP contribution is -2.27. The number of ether oxygens (including phenoxy) is 1. The maximum absolute atomic E-state index is 5.68. The summed E-state index contributed by atoms with van der Waals surface area (Å²) < 4.78 is 5.68. The molecule has 3 heterocycles. The van der Waals surface area contributed by atoms with Crippen LogP contribution in [-0.4, -0.2) is 39.4 Å². The third-order valence-electron chi connectivity index (χ3n) is 3.21. The number of rotatable bonds is 4. The van der Waals surface area contributed by atoms with Gasteiger partial charge >= 0.3 is 0 Å². The molecule has 0 aliphatic carbocycles. The highest BCUT2D eigenvalue weighted by atomic mass is 16.5. The Morgan fingerprint density at radius 1 is 1.42 bits per heavy atom. The molecule has 8 nitrogen and oxygen atoms in total. The lowest BCUT2D eigenvalue weighted by molar-refractivity contribution is 0.0247. The van der Waals surface area contributed by atoms with Gasteiger partial charge in [-0.25, -0.2) is 5.84 Å². The van der Waals surface area contributed by atoms with E-state index < -0.39 is 0 Å². The van der Waals surface area contributed by atoms with Gasteiger partial charge in [0.25, 0.3) is 0 Å². The van der Waals surface area contributed by atoms with E-state index in [0.29, 0.717) is 17.4 Å². The van der Waals surface area contributed by atoms with Crippen molar-refractivity contribution in [1.29, 1.82) is 0 Å². The van der Waals surface area contributed by atoms with E-state index in [2.05, 4.69) is 30.9 Å². The van der Waals surface area contributed by atoms with Gasteiger partial charge in [0.2, 0.25) is 5.95 Å². The van der Waals surface area contributed by atoms with Crippen molar-refractivity contribution in [3.63, 3.8) is 0 Å². The van der Waals surface area contributed by atoms with E-state index in [1.807, 2.05) is 0 Å². The number of nitrogens with zero attached hydrogens (tertiary/aromatic N) is 3. The molecule has 1 atom stereocenters. The van der Waals surface area contributed by atoms with Crippen LogP contribution in [0.15, 0.2) is 6.20 Å². The number of aromatic amines is 1. The van der Waals surface area contributed by atoms with Gasteiger partial charge in [-0.2, -0.15) is 15.1 Å². The molecule has 0 amide bonds. The smallest absolute Gasteiger partial charge is 0.241 e. The summed E-state index contributed by atoms with van der Waals surface area (Å²) in [7, 11) is 0. The molecule has 19 heavy (non-hydrogen) atoms. The minimum atomic E-state index is 0.236. The lowest BCUT2D eigenvalue weighted by Gasteiger charge is -2.23. The number of nitrogen functional groups attached to an aromatic ring is 1. The number of anilines is 2. The summed E-state index contributed by atoms with van der Waals surface area (Å²) in [4.78, 5) is 8.47. The highest BCUT2D eigenvalue weighted by Crippen LogP contribution is 2.20. The van der Waals surface area contributed by atoms with Gasteiger partial charge in [-0.3, -0.25) is 10.5 Å². The Kier molecular flexibility index (Phi) is 3.43. The summed E-state index contributed by atoms with van der Waals surface area (Å²) in [5.41, 5.74) is 3.09. The van der Waals surface area contributed by atoms with Crippen LogP contribution in [0.4, 0.5) is 11.8 Å². The quantitative estimate of drug-likeness (QED) is 0.472. The number of H-pyrrole nitrogens is 1. The summed E-state index contributed by atoms with van der Waals surface area (Å²) in [6, 6.07) is 0. The third kappa shape index (κ3) is 2.59. The minimum absolute atomic E-state index is 0.236. The molecule has 1 aliphatic rings. The predicted octanol–water partition coefficient (Wildman–Crippen LogP) is 0.619. The number of hydrazine groups is 1. The van der Waals surface area contributed by atoms with Gasteiger partial charge in [-0.05, 0) is 19.3 Å². The molecule has 8 heteroatoms. The van der Waals surface area contributed by atoms with E-state index in [4.69, 9.17) is 10.6 Å². The number of aromatic nitrogens is 4. The summed E-state index contributed by atoms with van der Waals surface area (Å²) in [6.07, 6.45) is 5.37. The highest BCUT2D eigenvalue weighted by Gasteiger charge is 2.15. The van der Waals surface area contributed by atoms with Crippen molar-refractivity contribution in [2.75, 3.05) is 23.9 Å². The van der Waals surface area contributed by atoms with Gasteiger partial charge in [0.05, 0.1) is 17.7 Å². The first-order valence-electron chi connectivity index (χ1n) is 6.40. The molecule has 0 radical (unpaired) electrons. The van der Waals surface area contributed by atoms with Crippen molar-refractivity contribution in [3.8, 4) is 0 Å². The number of fused-ring (bicyclic) bond motifs is 1. The van der Waals surface area contributed by atoms with Crippen LogP contribution in [0, 0.1) is 0 Å². The van der Waals surface area contributed by atoms with Gasteiger partial charge in [0.1, 0.15) is 5.82 Å². The average Bonchev–Trinajstić information content (AvgIpc) is 2.94. The van der Waals surface area contributed by atoms with E-state index in [1.165, 1.54) is 6.42 Å². The van der Waals surface area contributed by atoms with Gasteiger partial charge < -0.3 is 10.1 Å². The van der Waals surface area contributed by atoms with Crippen molar-refractivity contribution >= 4 is 22.8 Å². The second kappa shape index (κ2) is 5.37. The van der Waals surface area contributed by atoms with Gasteiger partial charge in [0.15, 0.2) is 5.65 Å². The fraction of sp³-hybridized carbons (Fsp3) is 0.545. The Bertz CT molecular complexity index is 549. The van der Waals surface area contributed by atoms with E-state index in [-0.39, 0.29) is 6.10 Å². The fourth-order valence-corrected chi connectivity index (χ4v) is 2.21. The van der Waals surface area contributed by atoms with Gasteiger partial charge in [-0.15, -0.1) is 0 Å². The lowest BCUT2D eigenvalue weighted by atomic mass is 10.1. The van der Waals surface area contributed by atoms with Gasteiger partial charge in [-0.1, -0.05) is 0 Å². The zero-order valence-electron chi connectivity index (χ0n) is 10.5. The molecule has 0 bridgehead atoms. The molecule has 2 aromatic heterocycles. The molecular weight excluding hydrogens is 246 g/mol. The second-order valence-corrected chi connectivity index (χ2v) is 4.54. The monoisotopic (exact) mass is 263 g/mol. The van der Waals surface area contributed by atoms with Crippen LogP contribution in [0.2, 0.25) is 0 Å². The van der Waals surface area contributed by atoms with E-state index in [0.717, 1.165) is 31.4 Å². The predicted molar refractivity (Wildman–Crippen MR) is 71.6 cm³/mol. The standard InChI is InChI=1S/C11H17N7O/c12-17-11-15-9(8-6-14-18-10(8)16-11)13-5-7-3-1-2-4-19-7/h6-7H,1-5,12H2,(H3,13,14,15,16,17,18). The maximum Gasteiger partial charge on any atom is 0.241 e. The SMILES string of the molecule is NNc1nc(NCC2CCCCO2)c2cn[nH]c2n1. The van der Waals surface area contributed by atoms with E-state index >= 15 is 0 Å². The number of hydrogen-bond donors (Lipinski definition) is 4. The average molecular weight is 263 g/mol. The van der Waals surface area contributed by atoms with Crippen LogP contribution in [0.1, 0.15) is 19.3 Å². The molecule has 0 aromatic carbocycles. The Morgan fingerprint density at radius 2 is 2.37 bits per heavy atom. The van der Waals surface area contributed by atoms with Crippen LogP contribution in [-0.2, 0) is 4.74 Å². The molecule has 5 N–H and O–H groups in total. The van der Waals surface area contributed by atoms with Crippen LogP contribution in [0.25, 0.3) is 11.0 Å². The molecule has 1 saturated heterocycles. The molecule has 0 spiro atoms. The van der Waals surface area contributed by atoms with Crippen LogP contribution in [0.5, 0.6) is 0 Å². The Morgan fingerprint density at radius 3 is 3.16 bits per heavy atom. The first-order chi connectivity index (χ1) is 9.36. The number of nitrogens with two attached hydrogens (primary N) is 1. The van der Waals surface area contributed by atoms with Crippen molar-refractivity contribution in [1.82, 2.24) is 20.2 Å². The first kappa shape index (κ1) is 12.1. The van der Waals surface area contributed by atoms with E-state index in [1.54, 1.807) is 6.20 Å². The molecular formula is C11H17N7O. The highest BCUT2D eigenvalue weighted by molar-refractivity contribution is 5.86. The fourth-order valence-electron chi connectivity index (χ4n) is 2.21. The minimum Gasteiger partial charge on any atom is -0.376 e. The first-order valence-corrected chi connectivity index (χ1v) is 6.40. The van der Waals surface area contributed by atoms with Crippen molar-refractivity contribution in [3.05, 3.63) is 6.20 Å². The van der Waals surface area contributed by atoms with E-state index in [9.17, 15) is 0 Å². The normalized spacial score (nSPS) is 19.5. The summed E-state index contributed by atoms with van der Waals surface area (Å²) in [5.74, 6) is 6.42. The zero-order chi connectivity index (χ0) is 13.1. The Balaban J connectivity index is 1.77. The topological polar surface area (TPSA) is 114 Å². The molecule has 0 saturated carbocycles. The van der Waals surface area contributed by atoms with Crippen molar-refractivity contribution in [2.24, 2.45) is 5.84 Å². The van der Waals surface area contributed by atoms with Crippen LogP contribution >= 0.6 is 0 Å². The molecule has 1 aliphatic heterocycles. The molecule has 102 valence electrons. The van der Waals surface area contributed by atoms with Crippen LogP contribution < -0.4 is 16.6 Å². The summed E-state index contributed by atoms with van der Waals surface area (Å²) >= 11 is 0. The number of nitrogens with one attached hydrogen (secondary N) is 3. The van der Waals surface area contributed by atoms with Crippen molar-refractivity contribution < 1.29 is 4.74 Å². The van der Waals surface area contributed by atoms with Gasteiger partial charge in [0, 0.05) is 13.2 Å². The zero-order valence-corrected chi connectivity index (χ0v) is 10.5. The molecule has 1 fully saturated rings. The van der Waals surface area contributed by atoms with Crippen LogP contribution in [0.3, 0.4) is 0 Å². The van der Waals surface area contributed by atoms with Crippen molar-refractivity contribution in [2.45, 2.75) is 25.4 Å². The Hall–Kier alpha value is -1.93. The third-order valence-corrected chi connectivity index (χ3v) is 3.21. The molecule has 3 rings (SSSR count). The summed E-state index contributed by atoms with van der Waals surface area (Å²) in [6.45, 7) is 1.56. The number of hydrogen-bond acceptors (Lipinski definition) is 7. The molecule has 1 unspecified atom stereocenters. The summed E-state index contributed by atoms with van der Waals surface area (Å²) in [5, 5.41) is 10.9. The Labute approximate surface area is 110 Å². The maximum atomic E-state index is 5.68. The second-order valence-electron chi connectivity index (χ2n) is 4.54. The molecule has 2 aromatic rings.